The summed E-state index contributed by atoms with van der Waals surface area (Å²) in [5, 5.41) is 12.9. The van der Waals surface area contributed by atoms with E-state index in [1.54, 1.807) is 7.05 Å². The summed E-state index contributed by atoms with van der Waals surface area (Å²) in [5.41, 5.74) is 1.11. The summed E-state index contributed by atoms with van der Waals surface area (Å²) in [6.07, 6.45) is 2.77. The molecule has 6 heteroatoms. The number of aromatic carboxylic acids is 1. The molecule has 0 saturated heterocycles. The van der Waals surface area contributed by atoms with E-state index in [9.17, 15) is 4.79 Å². The van der Waals surface area contributed by atoms with Gasteiger partial charge in [-0.15, -0.1) is 0 Å². The van der Waals surface area contributed by atoms with Crippen molar-refractivity contribution < 1.29 is 9.90 Å². The average Bonchev–Trinajstić information content (AvgIpc) is 2.48. The van der Waals surface area contributed by atoms with E-state index in [0.29, 0.717) is 11.0 Å². The number of pyridine rings is 1. The first kappa shape index (κ1) is 8.96. The lowest BCUT2D eigenvalue weighted by Gasteiger charge is -2.00. The second-order valence-electron chi connectivity index (χ2n) is 2.79. The Balaban J connectivity index is 2.86. The molecule has 2 aromatic rings. The largest absolute Gasteiger partial charge is 0.478 e. The summed E-state index contributed by atoms with van der Waals surface area (Å²) in [4.78, 5) is 14.7. The van der Waals surface area contributed by atoms with E-state index >= 15 is 0 Å². The quantitative estimate of drug-likeness (QED) is 0.773. The van der Waals surface area contributed by atoms with Crippen LogP contribution in [-0.2, 0) is 7.05 Å². The molecule has 2 rings (SSSR count). The van der Waals surface area contributed by atoms with E-state index in [0.717, 1.165) is 0 Å². The highest BCUT2D eigenvalue weighted by atomic mass is 35.5. The van der Waals surface area contributed by atoms with Crippen LogP contribution in [0.15, 0.2) is 12.4 Å². The Bertz CT molecular complexity index is 521. The van der Waals surface area contributed by atoms with Gasteiger partial charge < -0.3 is 5.11 Å². The Morgan fingerprint density at radius 3 is 2.93 bits per heavy atom. The molecule has 0 unspecified atom stereocenters. The van der Waals surface area contributed by atoms with E-state index < -0.39 is 5.97 Å². The molecule has 0 aromatic carbocycles. The number of fused-ring (bicyclic) bond motifs is 1. The highest BCUT2D eigenvalue weighted by Gasteiger charge is 2.15. The summed E-state index contributed by atoms with van der Waals surface area (Å²) in [7, 11) is 1.68. The number of carboxylic acid groups (broad SMARTS) is 1. The first-order valence-corrected chi connectivity index (χ1v) is 4.18. The number of aryl methyl sites for hydroxylation is 1. The van der Waals surface area contributed by atoms with Crippen LogP contribution in [0.3, 0.4) is 0 Å². The lowest BCUT2D eigenvalue weighted by atomic mass is 10.2. The summed E-state index contributed by atoms with van der Waals surface area (Å²) < 4.78 is 1.50. The van der Waals surface area contributed by atoms with E-state index in [4.69, 9.17) is 16.7 Å². The van der Waals surface area contributed by atoms with E-state index in [1.165, 1.54) is 17.1 Å². The molecule has 72 valence electrons. The summed E-state index contributed by atoms with van der Waals surface area (Å²) in [6.45, 7) is 0. The average molecular weight is 212 g/mol. The molecule has 0 atom stereocenters. The topological polar surface area (TPSA) is 68.0 Å². The third kappa shape index (κ3) is 1.13. The molecule has 5 nitrogen and oxygen atoms in total. The van der Waals surface area contributed by atoms with E-state index in [1.807, 2.05) is 0 Å². The molecular weight excluding hydrogens is 206 g/mol. The van der Waals surface area contributed by atoms with Crippen molar-refractivity contribution in [1.82, 2.24) is 14.8 Å². The zero-order valence-electron chi connectivity index (χ0n) is 7.23. The smallest absolute Gasteiger partial charge is 0.338 e. The Kier molecular flexibility index (Phi) is 1.89. The van der Waals surface area contributed by atoms with E-state index in [-0.39, 0.29) is 10.6 Å². The van der Waals surface area contributed by atoms with Gasteiger partial charge >= 0.3 is 5.97 Å². The lowest BCUT2D eigenvalue weighted by Crippen LogP contribution is -2.00. The Morgan fingerprint density at radius 1 is 1.57 bits per heavy atom. The number of rotatable bonds is 1. The first-order valence-electron chi connectivity index (χ1n) is 3.80. The molecular formula is C8H6ClN3O2. The molecule has 0 bridgehead atoms. The van der Waals surface area contributed by atoms with Gasteiger partial charge in [-0.25, -0.2) is 4.79 Å². The second-order valence-corrected chi connectivity index (χ2v) is 3.17. The number of aromatic nitrogens is 3. The molecule has 0 aliphatic carbocycles. The van der Waals surface area contributed by atoms with Crippen LogP contribution in [0, 0.1) is 0 Å². The fourth-order valence-electron chi connectivity index (χ4n) is 1.24. The van der Waals surface area contributed by atoms with Gasteiger partial charge in [-0.1, -0.05) is 11.6 Å². The van der Waals surface area contributed by atoms with Gasteiger partial charge in [0.2, 0.25) is 0 Å². The zero-order valence-corrected chi connectivity index (χ0v) is 7.99. The van der Waals surface area contributed by atoms with Crippen LogP contribution in [0.5, 0.6) is 0 Å². The van der Waals surface area contributed by atoms with Gasteiger partial charge in [0.05, 0.1) is 16.8 Å². The maximum Gasteiger partial charge on any atom is 0.338 e. The molecule has 0 aliphatic heterocycles. The van der Waals surface area contributed by atoms with Crippen molar-refractivity contribution in [2.24, 2.45) is 7.05 Å². The third-order valence-electron chi connectivity index (χ3n) is 1.93. The molecule has 0 aliphatic rings. The van der Waals surface area contributed by atoms with Crippen LogP contribution in [0.1, 0.15) is 10.4 Å². The van der Waals surface area contributed by atoms with Crippen LogP contribution < -0.4 is 0 Å². The van der Waals surface area contributed by atoms with Gasteiger partial charge in [-0.2, -0.15) is 5.10 Å². The SMILES string of the molecule is Cn1ncc2ncc(C(=O)O)c(Cl)c21. The summed E-state index contributed by atoms with van der Waals surface area (Å²) in [6, 6.07) is 0. The Morgan fingerprint density at radius 2 is 2.29 bits per heavy atom. The van der Waals surface area contributed by atoms with Gasteiger partial charge in [-0.3, -0.25) is 9.67 Å². The molecule has 14 heavy (non-hydrogen) atoms. The fourth-order valence-corrected chi connectivity index (χ4v) is 1.59. The number of carbonyl (C=O) groups is 1. The van der Waals surface area contributed by atoms with Crippen molar-refractivity contribution in [1.29, 1.82) is 0 Å². The van der Waals surface area contributed by atoms with Gasteiger partial charge in [0.15, 0.2) is 0 Å². The number of hydrogen-bond donors (Lipinski definition) is 1. The van der Waals surface area contributed by atoms with Crippen LogP contribution in [0.2, 0.25) is 5.02 Å². The molecule has 0 saturated carbocycles. The fraction of sp³-hybridized carbons (Fsp3) is 0.125. The molecule has 2 heterocycles. The zero-order chi connectivity index (χ0) is 10.3. The van der Waals surface area contributed by atoms with Gasteiger partial charge in [-0.05, 0) is 0 Å². The highest BCUT2D eigenvalue weighted by molar-refractivity contribution is 6.37. The van der Waals surface area contributed by atoms with Crippen molar-refractivity contribution in [3.05, 3.63) is 23.0 Å². The maximum absolute atomic E-state index is 10.7. The molecule has 2 aromatic heterocycles. The third-order valence-corrected chi connectivity index (χ3v) is 2.31. The second kappa shape index (κ2) is 2.95. The molecule has 0 spiro atoms. The van der Waals surface area contributed by atoms with Crippen LogP contribution >= 0.6 is 11.6 Å². The first-order chi connectivity index (χ1) is 6.61. The van der Waals surface area contributed by atoms with Crippen molar-refractivity contribution in [2.45, 2.75) is 0 Å². The Hall–Kier alpha value is -1.62. The minimum absolute atomic E-state index is 0.0113. The van der Waals surface area contributed by atoms with Crippen LogP contribution in [-0.4, -0.2) is 25.8 Å². The van der Waals surface area contributed by atoms with Gasteiger partial charge in [0.25, 0.3) is 0 Å². The normalized spacial score (nSPS) is 10.7. The predicted molar refractivity (Wildman–Crippen MR) is 50.5 cm³/mol. The van der Waals surface area contributed by atoms with Gasteiger partial charge in [0, 0.05) is 13.2 Å². The van der Waals surface area contributed by atoms with E-state index in [2.05, 4.69) is 10.1 Å². The minimum Gasteiger partial charge on any atom is -0.478 e. The van der Waals surface area contributed by atoms with Crippen LogP contribution in [0.4, 0.5) is 0 Å². The number of halogens is 1. The number of carboxylic acids is 1. The number of hydrogen-bond acceptors (Lipinski definition) is 3. The minimum atomic E-state index is -1.09. The van der Waals surface area contributed by atoms with Gasteiger partial charge in [0.1, 0.15) is 11.0 Å². The monoisotopic (exact) mass is 211 g/mol. The van der Waals surface area contributed by atoms with Crippen molar-refractivity contribution in [3.8, 4) is 0 Å². The predicted octanol–water partition coefficient (Wildman–Crippen LogP) is 1.32. The van der Waals surface area contributed by atoms with Crippen molar-refractivity contribution in [3.63, 3.8) is 0 Å². The van der Waals surface area contributed by atoms with Crippen molar-refractivity contribution >= 4 is 28.6 Å². The van der Waals surface area contributed by atoms with Crippen LogP contribution in [0.25, 0.3) is 11.0 Å². The molecule has 0 radical (unpaired) electrons. The summed E-state index contributed by atoms with van der Waals surface area (Å²) in [5.74, 6) is -1.09. The van der Waals surface area contributed by atoms with Crippen molar-refractivity contribution in [2.75, 3.05) is 0 Å². The molecule has 0 fully saturated rings. The molecule has 1 N–H and O–H groups in total. The number of nitrogens with zero attached hydrogens (tertiary/aromatic N) is 3. The maximum atomic E-state index is 10.7. The Labute approximate surface area is 83.9 Å². The summed E-state index contributed by atoms with van der Waals surface area (Å²) >= 11 is 5.90. The molecule has 0 amide bonds. The highest BCUT2D eigenvalue weighted by Crippen LogP contribution is 2.24. The lowest BCUT2D eigenvalue weighted by molar-refractivity contribution is 0.0697. The standard InChI is InChI=1S/C8H6ClN3O2/c1-12-7-5(3-11-12)10-2-4(6(7)9)8(13)14/h2-3H,1H3,(H,13,14).